The number of methoxy groups -OCH3 is 2. The molecule has 1 rings (SSSR count). The minimum absolute atomic E-state index is 0.448. The molecule has 3 N–H and O–H groups in total. The molecule has 0 spiro atoms. The third-order valence-corrected chi connectivity index (χ3v) is 3.16. The van der Waals surface area contributed by atoms with Gasteiger partial charge in [-0.1, -0.05) is 0 Å². The summed E-state index contributed by atoms with van der Waals surface area (Å²) in [4.78, 5) is 22.7. The first kappa shape index (κ1) is 16.6. The number of hydrogen-bond donors (Lipinski definition) is 3. The summed E-state index contributed by atoms with van der Waals surface area (Å²) in [7, 11) is 3.01. The quantitative estimate of drug-likeness (QED) is 0.745. The summed E-state index contributed by atoms with van der Waals surface area (Å²) < 4.78 is 10.2. The van der Waals surface area contributed by atoms with Crippen LogP contribution in [0.3, 0.4) is 0 Å². The van der Waals surface area contributed by atoms with E-state index in [1.807, 2.05) is 0 Å². The largest absolute Gasteiger partial charge is 0.497 e. The number of rotatable bonds is 6. The molecule has 0 saturated carbocycles. The molecule has 7 heteroatoms. The smallest absolute Gasteiger partial charge is 0.319 e. The first-order valence-corrected chi connectivity index (χ1v) is 6.41. The Morgan fingerprint density at radius 3 is 2.38 bits per heavy atom. The van der Waals surface area contributed by atoms with E-state index < -0.39 is 24.0 Å². The van der Waals surface area contributed by atoms with E-state index in [0.717, 1.165) is 0 Å². The van der Waals surface area contributed by atoms with E-state index in [0.29, 0.717) is 17.2 Å². The van der Waals surface area contributed by atoms with Crippen LogP contribution in [0, 0.1) is 5.92 Å². The maximum atomic E-state index is 11.9. The van der Waals surface area contributed by atoms with E-state index in [1.54, 1.807) is 25.1 Å². The number of anilines is 1. The van der Waals surface area contributed by atoms with Gasteiger partial charge in [0.1, 0.15) is 11.5 Å². The Bertz CT molecular complexity index is 518. The van der Waals surface area contributed by atoms with Crippen LogP contribution < -0.4 is 20.1 Å². The minimum Gasteiger partial charge on any atom is -0.497 e. The Labute approximate surface area is 123 Å². The summed E-state index contributed by atoms with van der Waals surface area (Å²) in [5.41, 5.74) is 0.464. The first-order chi connectivity index (χ1) is 9.88. The molecule has 21 heavy (non-hydrogen) atoms. The predicted molar refractivity (Wildman–Crippen MR) is 78.0 cm³/mol. The molecule has 0 fully saturated rings. The van der Waals surface area contributed by atoms with Crippen molar-refractivity contribution in [2.24, 2.45) is 5.92 Å². The average Bonchev–Trinajstić information content (AvgIpc) is 2.46. The highest BCUT2D eigenvalue weighted by Gasteiger charge is 2.21. The van der Waals surface area contributed by atoms with Crippen molar-refractivity contribution in [1.82, 2.24) is 5.32 Å². The van der Waals surface area contributed by atoms with Crippen molar-refractivity contribution in [3.8, 4) is 11.5 Å². The molecule has 1 aromatic rings. The van der Waals surface area contributed by atoms with E-state index in [-0.39, 0.29) is 0 Å². The number of aliphatic carboxylic acids is 1. The molecule has 0 aliphatic carbocycles. The van der Waals surface area contributed by atoms with Crippen molar-refractivity contribution >= 4 is 17.7 Å². The number of carbonyl (C=O) groups is 2. The van der Waals surface area contributed by atoms with Crippen molar-refractivity contribution in [3.05, 3.63) is 18.2 Å². The SMILES string of the molecule is COc1ccc(NC(=O)NC(C)C(C)C(=O)O)c(OC)c1. The normalized spacial score (nSPS) is 13.0. The van der Waals surface area contributed by atoms with Gasteiger partial charge in [0, 0.05) is 12.1 Å². The molecule has 7 nitrogen and oxygen atoms in total. The highest BCUT2D eigenvalue weighted by atomic mass is 16.5. The lowest BCUT2D eigenvalue weighted by atomic mass is 10.0. The number of nitrogens with one attached hydrogen (secondary N) is 2. The average molecular weight is 296 g/mol. The van der Waals surface area contributed by atoms with Crippen molar-refractivity contribution in [3.63, 3.8) is 0 Å². The molecular weight excluding hydrogens is 276 g/mol. The van der Waals surface area contributed by atoms with E-state index in [2.05, 4.69) is 10.6 Å². The zero-order chi connectivity index (χ0) is 16.0. The van der Waals surface area contributed by atoms with Crippen LogP contribution in [0.2, 0.25) is 0 Å². The fourth-order valence-electron chi connectivity index (χ4n) is 1.61. The lowest BCUT2D eigenvalue weighted by Crippen LogP contribution is -2.42. The van der Waals surface area contributed by atoms with Crippen LogP contribution >= 0.6 is 0 Å². The highest BCUT2D eigenvalue weighted by molar-refractivity contribution is 5.91. The maximum absolute atomic E-state index is 11.9. The van der Waals surface area contributed by atoms with Crippen LogP contribution in [0.25, 0.3) is 0 Å². The van der Waals surface area contributed by atoms with E-state index in [1.165, 1.54) is 21.1 Å². The Morgan fingerprint density at radius 1 is 1.19 bits per heavy atom. The Hall–Kier alpha value is -2.44. The molecule has 0 bridgehead atoms. The predicted octanol–water partition coefficient (Wildman–Crippen LogP) is 1.93. The van der Waals surface area contributed by atoms with Crippen LogP contribution in [0.4, 0.5) is 10.5 Å². The highest BCUT2D eigenvalue weighted by Crippen LogP contribution is 2.28. The van der Waals surface area contributed by atoms with Crippen molar-refractivity contribution < 1.29 is 24.2 Å². The van der Waals surface area contributed by atoms with Gasteiger partial charge >= 0.3 is 12.0 Å². The van der Waals surface area contributed by atoms with Gasteiger partial charge in [0.25, 0.3) is 0 Å². The summed E-state index contributed by atoms with van der Waals surface area (Å²) >= 11 is 0. The molecule has 0 radical (unpaired) electrons. The van der Waals surface area contributed by atoms with Crippen molar-refractivity contribution in [1.29, 1.82) is 0 Å². The molecule has 0 saturated heterocycles. The van der Waals surface area contributed by atoms with Crippen LogP contribution in [0.15, 0.2) is 18.2 Å². The second kappa shape index (κ2) is 7.37. The summed E-state index contributed by atoms with van der Waals surface area (Å²) in [5, 5.41) is 14.1. The number of amides is 2. The molecule has 0 heterocycles. The fourth-order valence-corrected chi connectivity index (χ4v) is 1.61. The van der Waals surface area contributed by atoms with E-state index in [9.17, 15) is 9.59 Å². The molecule has 0 aliphatic heterocycles. The lowest BCUT2D eigenvalue weighted by Gasteiger charge is -2.19. The number of carboxylic acids is 1. The van der Waals surface area contributed by atoms with Crippen LogP contribution in [0.1, 0.15) is 13.8 Å². The van der Waals surface area contributed by atoms with Gasteiger partial charge < -0.3 is 25.2 Å². The molecule has 116 valence electrons. The summed E-state index contributed by atoms with van der Waals surface area (Å²) in [6, 6.07) is 3.95. The topological polar surface area (TPSA) is 96.9 Å². The number of benzene rings is 1. The van der Waals surface area contributed by atoms with Gasteiger partial charge in [0.15, 0.2) is 0 Å². The Kier molecular flexibility index (Phi) is 5.83. The van der Waals surface area contributed by atoms with Gasteiger partial charge in [-0.05, 0) is 26.0 Å². The van der Waals surface area contributed by atoms with E-state index in [4.69, 9.17) is 14.6 Å². The van der Waals surface area contributed by atoms with E-state index >= 15 is 0 Å². The monoisotopic (exact) mass is 296 g/mol. The third kappa shape index (κ3) is 4.55. The van der Waals surface area contributed by atoms with Gasteiger partial charge in [-0.3, -0.25) is 4.79 Å². The molecule has 0 aromatic heterocycles. The molecule has 2 atom stereocenters. The van der Waals surface area contributed by atoms with Gasteiger partial charge in [-0.25, -0.2) is 4.79 Å². The van der Waals surface area contributed by atoms with Gasteiger partial charge in [-0.15, -0.1) is 0 Å². The molecule has 2 unspecified atom stereocenters. The molecule has 1 aromatic carbocycles. The van der Waals surface area contributed by atoms with Crippen molar-refractivity contribution in [2.75, 3.05) is 19.5 Å². The van der Waals surface area contributed by atoms with Crippen LogP contribution in [0.5, 0.6) is 11.5 Å². The Balaban J connectivity index is 2.73. The van der Waals surface area contributed by atoms with Gasteiger partial charge in [0.05, 0.1) is 25.8 Å². The fraction of sp³-hybridized carbons (Fsp3) is 0.429. The standard InChI is InChI=1S/C14H20N2O5/c1-8(13(17)18)9(2)15-14(19)16-11-6-5-10(20-3)7-12(11)21-4/h5-9H,1-4H3,(H,17,18)(H2,15,16,19). The van der Waals surface area contributed by atoms with Crippen LogP contribution in [-0.4, -0.2) is 37.4 Å². The number of ether oxygens (including phenoxy) is 2. The van der Waals surface area contributed by atoms with Gasteiger partial charge in [0.2, 0.25) is 0 Å². The molecular formula is C14H20N2O5. The summed E-state index contributed by atoms with van der Waals surface area (Å²) in [5.74, 6) is -0.604. The Morgan fingerprint density at radius 2 is 1.86 bits per heavy atom. The lowest BCUT2D eigenvalue weighted by molar-refractivity contribution is -0.141. The zero-order valence-corrected chi connectivity index (χ0v) is 12.5. The minimum atomic E-state index is -0.968. The summed E-state index contributed by atoms with van der Waals surface area (Å²) in [6.07, 6.45) is 0. The number of carbonyl (C=O) groups excluding carboxylic acids is 1. The number of carboxylic acid groups (broad SMARTS) is 1. The third-order valence-electron chi connectivity index (χ3n) is 3.16. The number of urea groups is 1. The summed E-state index contributed by atoms with van der Waals surface area (Å²) in [6.45, 7) is 3.16. The number of hydrogen-bond acceptors (Lipinski definition) is 4. The van der Waals surface area contributed by atoms with Crippen molar-refractivity contribution in [2.45, 2.75) is 19.9 Å². The molecule has 2 amide bonds. The zero-order valence-electron chi connectivity index (χ0n) is 12.5. The van der Waals surface area contributed by atoms with Crippen LogP contribution in [-0.2, 0) is 4.79 Å². The second-order valence-corrected chi connectivity index (χ2v) is 4.58. The molecule has 0 aliphatic rings. The second-order valence-electron chi connectivity index (χ2n) is 4.58. The first-order valence-electron chi connectivity index (χ1n) is 6.41. The van der Waals surface area contributed by atoms with Gasteiger partial charge in [-0.2, -0.15) is 0 Å². The maximum Gasteiger partial charge on any atom is 0.319 e.